The minimum absolute atomic E-state index is 0.0160. The summed E-state index contributed by atoms with van der Waals surface area (Å²) in [5, 5.41) is 27.7. The summed E-state index contributed by atoms with van der Waals surface area (Å²) >= 11 is 1.12. The third kappa shape index (κ3) is 6.21. The lowest BCUT2D eigenvalue weighted by molar-refractivity contribution is -0.128. The summed E-state index contributed by atoms with van der Waals surface area (Å²) in [6.45, 7) is 0.243. The van der Waals surface area contributed by atoms with Gasteiger partial charge in [-0.25, -0.2) is 22.9 Å². The molecule has 0 radical (unpaired) electrons. The Kier molecular flexibility index (Phi) is 7.93. The number of thioether (sulfide) groups is 1. The van der Waals surface area contributed by atoms with E-state index in [-0.39, 0.29) is 54.0 Å². The Bertz CT molecular complexity index is 1140. The molecule has 2 aromatic rings. The highest BCUT2D eigenvalue weighted by molar-refractivity contribution is 7.99. The molecule has 0 bridgehead atoms. The number of nitrogens with one attached hydrogen (secondary N) is 1. The topological polar surface area (TPSA) is 164 Å². The molecule has 11 nitrogen and oxygen atoms in total. The zero-order valence-corrected chi connectivity index (χ0v) is 18.5. The van der Waals surface area contributed by atoms with Crippen LogP contribution in [0.1, 0.15) is 23.2 Å². The molecule has 0 spiro atoms. The van der Waals surface area contributed by atoms with Gasteiger partial charge in [-0.15, -0.1) is 0 Å². The fourth-order valence-corrected chi connectivity index (χ4v) is 4.51. The van der Waals surface area contributed by atoms with Crippen molar-refractivity contribution in [3.8, 4) is 0 Å². The summed E-state index contributed by atoms with van der Waals surface area (Å²) in [6, 6.07) is 3.15. The highest BCUT2D eigenvalue weighted by Gasteiger charge is 2.38. The molecule has 0 unspecified atom stereocenters. The number of alkyl halides is 2. The van der Waals surface area contributed by atoms with Gasteiger partial charge in [0.25, 0.3) is 16.6 Å². The van der Waals surface area contributed by atoms with Crippen molar-refractivity contribution in [1.82, 2.24) is 19.9 Å². The molecule has 0 atom stereocenters. The molecule has 1 aromatic heterocycles. The van der Waals surface area contributed by atoms with E-state index in [1.165, 1.54) is 6.07 Å². The molecule has 33 heavy (non-hydrogen) atoms. The zero-order valence-electron chi connectivity index (χ0n) is 16.8. The van der Waals surface area contributed by atoms with Crippen LogP contribution >= 0.6 is 11.8 Å². The van der Waals surface area contributed by atoms with Crippen LogP contribution in [0, 0.1) is 11.7 Å². The third-order valence-corrected chi connectivity index (χ3v) is 6.71. The van der Waals surface area contributed by atoms with E-state index in [4.69, 9.17) is 5.14 Å². The SMILES string of the molecule is NS(=O)(=O)N1CC(C(=O)NCCSc2nonc2C(Cc2ccc(F)c(C(F)F)c2)=NO)C1. The van der Waals surface area contributed by atoms with E-state index in [1.807, 2.05) is 0 Å². The van der Waals surface area contributed by atoms with Crippen molar-refractivity contribution in [2.75, 3.05) is 25.4 Å². The van der Waals surface area contributed by atoms with Gasteiger partial charge < -0.3 is 10.5 Å². The van der Waals surface area contributed by atoms with Crippen molar-refractivity contribution >= 4 is 33.6 Å². The summed E-state index contributed by atoms with van der Waals surface area (Å²) in [5.74, 6) is -1.53. The van der Waals surface area contributed by atoms with Gasteiger partial charge in [-0.3, -0.25) is 4.79 Å². The largest absolute Gasteiger partial charge is 0.411 e. The summed E-state index contributed by atoms with van der Waals surface area (Å²) < 4.78 is 67.3. The first-order chi connectivity index (χ1) is 15.6. The van der Waals surface area contributed by atoms with Crippen molar-refractivity contribution in [2.45, 2.75) is 17.9 Å². The normalized spacial score (nSPS) is 15.6. The lowest BCUT2D eigenvalue weighted by atomic mass is 10.0. The summed E-state index contributed by atoms with van der Waals surface area (Å²) in [6.07, 6.45) is -3.14. The molecular formula is C17H19F3N6O5S2. The monoisotopic (exact) mass is 508 g/mol. The van der Waals surface area contributed by atoms with Gasteiger partial charge in [0.1, 0.15) is 11.5 Å². The van der Waals surface area contributed by atoms with Crippen LogP contribution in [0.5, 0.6) is 0 Å². The van der Waals surface area contributed by atoms with Crippen molar-refractivity contribution < 1.29 is 36.2 Å². The van der Waals surface area contributed by atoms with Crippen molar-refractivity contribution in [2.24, 2.45) is 16.2 Å². The summed E-state index contributed by atoms with van der Waals surface area (Å²) in [5.41, 5.74) is -0.474. The lowest BCUT2D eigenvalue weighted by Gasteiger charge is -2.35. The molecule has 1 saturated heterocycles. The minimum Gasteiger partial charge on any atom is -0.411 e. The molecule has 1 aromatic carbocycles. The van der Waals surface area contributed by atoms with Gasteiger partial charge in [0.05, 0.1) is 11.5 Å². The number of hydrogen-bond acceptors (Lipinski definition) is 9. The minimum atomic E-state index is -3.80. The van der Waals surface area contributed by atoms with Crippen LogP contribution in [0.2, 0.25) is 0 Å². The van der Waals surface area contributed by atoms with Crippen LogP contribution in [-0.2, 0) is 21.4 Å². The third-order valence-electron chi connectivity index (χ3n) is 4.74. The molecule has 180 valence electrons. The van der Waals surface area contributed by atoms with Gasteiger partial charge in [0.15, 0.2) is 10.7 Å². The molecule has 1 fully saturated rings. The number of benzene rings is 1. The molecule has 2 heterocycles. The Balaban J connectivity index is 1.53. The quantitative estimate of drug-likeness (QED) is 0.140. The predicted molar refractivity (Wildman–Crippen MR) is 110 cm³/mol. The number of aromatic nitrogens is 2. The Morgan fingerprint density at radius 3 is 2.76 bits per heavy atom. The molecule has 4 N–H and O–H groups in total. The average Bonchev–Trinajstić information content (AvgIpc) is 3.16. The second-order valence-corrected chi connectivity index (χ2v) is 9.63. The number of carbonyl (C=O) groups excluding carboxylic acids is 1. The van der Waals surface area contributed by atoms with Crippen LogP contribution < -0.4 is 10.5 Å². The second-order valence-electron chi connectivity index (χ2n) is 7.00. The van der Waals surface area contributed by atoms with Crippen LogP contribution in [0.3, 0.4) is 0 Å². The molecule has 1 aliphatic rings. The molecule has 0 aliphatic carbocycles. The second kappa shape index (κ2) is 10.5. The highest BCUT2D eigenvalue weighted by Crippen LogP contribution is 2.25. The number of rotatable bonds is 10. The molecule has 0 saturated carbocycles. The van der Waals surface area contributed by atoms with Gasteiger partial charge in [0, 0.05) is 31.8 Å². The summed E-state index contributed by atoms with van der Waals surface area (Å²) in [4.78, 5) is 12.0. The van der Waals surface area contributed by atoms with Gasteiger partial charge in [0.2, 0.25) is 5.91 Å². The summed E-state index contributed by atoms with van der Waals surface area (Å²) in [7, 11) is -3.80. The highest BCUT2D eigenvalue weighted by atomic mass is 32.2. The van der Waals surface area contributed by atoms with E-state index in [2.05, 4.69) is 25.4 Å². The van der Waals surface area contributed by atoms with E-state index in [0.29, 0.717) is 5.75 Å². The van der Waals surface area contributed by atoms with Crippen molar-refractivity contribution in [3.05, 3.63) is 40.8 Å². The average molecular weight is 509 g/mol. The first-order valence-corrected chi connectivity index (χ1v) is 11.9. The Morgan fingerprint density at radius 2 is 2.12 bits per heavy atom. The van der Waals surface area contributed by atoms with E-state index in [0.717, 1.165) is 28.2 Å². The van der Waals surface area contributed by atoms with Crippen LogP contribution in [0.4, 0.5) is 13.2 Å². The fraction of sp³-hybridized carbons (Fsp3) is 0.412. The van der Waals surface area contributed by atoms with Crippen LogP contribution in [0.15, 0.2) is 33.0 Å². The maximum atomic E-state index is 13.5. The number of carbonyl (C=O) groups is 1. The number of hydrogen-bond donors (Lipinski definition) is 3. The molecule has 1 aliphatic heterocycles. The fourth-order valence-electron chi connectivity index (χ4n) is 2.96. The number of nitrogens with zero attached hydrogens (tertiary/aromatic N) is 4. The van der Waals surface area contributed by atoms with E-state index < -0.39 is 33.9 Å². The first-order valence-electron chi connectivity index (χ1n) is 9.38. The van der Waals surface area contributed by atoms with Crippen molar-refractivity contribution in [1.29, 1.82) is 0 Å². The van der Waals surface area contributed by atoms with Gasteiger partial charge >= 0.3 is 0 Å². The smallest absolute Gasteiger partial charge is 0.276 e. The number of amides is 1. The predicted octanol–water partition coefficient (Wildman–Crippen LogP) is 0.911. The molecule has 16 heteroatoms. The number of halogens is 3. The standard InChI is InChI=1S/C17H19F3N6O5S2/c18-12-2-1-9(5-11(12)15(19)20)6-13(23-28)14-17(25-31-24-14)32-4-3-22-16(27)10-7-26(8-10)33(21,29)30/h1-2,5,10,15,28H,3-4,6-8H2,(H,22,27)(H2,21,29,30). The van der Waals surface area contributed by atoms with Crippen LogP contribution in [-0.4, -0.2) is 65.2 Å². The molecular weight excluding hydrogens is 489 g/mol. The molecule has 1 amide bonds. The van der Waals surface area contributed by atoms with Crippen molar-refractivity contribution in [3.63, 3.8) is 0 Å². The van der Waals surface area contributed by atoms with E-state index in [1.54, 1.807) is 0 Å². The van der Waals surface area contributed by atoms with Crippen LogP contribution in [0.25, 0.3) is 0 Å². The maximum absolute atomic E-state index is 13.5. The van der Waals surface area contributed by atoms with E-state index >= 15 is 0 Å². The lowest BCUT2D eigenvalue weighted by Crippen LogP contribution is -2.57. The Labute approximate surface area is 190 Å². The molecule has 3 rings (SSSR count). The number of nitrogens with two attached hydrogens (primary N) is 1. The Hall–Kier alpha value is -2.69. The zero-order chi connectivity index (χ0) is 24.2. The van der Waals surface area contributed by atoms with Gasteiger partial charge in [-0.1, -0.05) is 23.0 Å². The van der Waals surface area contributed by atoms with Gasteiger partial charge in [-0.05, 0) is 28.0 Å². The Morgan fingerprint density at radius 1 is 1.39 bits per heavy atom. The van der Waals surface area contributed by atoms with Gasteiger partial charge in [-0.2, -0.15) is 12.7 Å². The maximum Gasteiger partial charge on any atom is 0.276 e. The number of oxime groups is 1. The van der Waals surface area contributed by atoms with E-state index in [9.17, 15) is 31.6 Å². The first kappa shape index (κ1) is 24.9.